The summed E-state index contributed by atoms with van der Waals surface area (Å²) in [7, 11) is 1.65. The Hall–Kier alpha value is -4.71. The number of alkyl halides is 1. The molecule has 0 bridgehead atoms. The Balaban J connectivity index is 1.37. The van der Waals surface area contributed by atoms with E-state index >= 15 is 4.39 Å². The van der Waals surface area contributed by atoms with Crippen molar-refractivity contribution < 1.29 is 22.7 Å². The fraction of sp³-hybridized carbons (Fsp3) is 0.343. The molecule has 258 valence electrons. The number of fused-ring (bicyclic) bond motifs is 3. The van der Waals surface area contributed by atoms with Crippen molar-refractivity contribution in [2.45, 2.75) is 50.4 Å². The van der Waals surface area contributed by atoms with Gasteiger partial charge in [0.05, 0.1) is 32.7 Å². The lowest BCUT2D eigenvalue weighted by Gasteiger charge is -2.31. The van der Waals surface area contributed by atoms with Gasteiger partial charge in [0.2, 0.25) is 5.91 Å². The summed E-state index contributed by atoms with van der Waals surface area (Å²) < 4.78 is 52.8. The van der Waals surface area contributed by atoms with E-state index in [1.165, 1.54) is 24.4 Å². The van der Waals surface area contributed by atoms with Crippen molar-refractivity contribution in [3.05, 3.63) is 64.9 Å². The van der Waals surface area contributed by atoms with Gasteiger partial charge in [0.1, 0.15) is 47.0 Å². The summed E-state index contributed by atoms with van der Waals surface area (Å²) in [4.78, 5) is 30.5. The highest BCUT2D eigenvalue weighted by Gasteiger charge is 2.49. The van der Waals surface area contributed by atoms with Crippen LogP contribution in [0.25, 0.3) is 32.1 Å². The number of likely N-dealkylation sites (N-methyl/N-ethyl adjacent to an activating group) is 1. The molecule has 0 saturated carbocycles. The molecular formula is C35H32ClF3N8O2S. The molecule has 0 aliphatic carbocycles. The monoisotopic (exact) mass is 720 g/mol. The van der Waals surface area contributed by atoms with Crippen LogP contribution in [-0.4, -0.2) is 70.3 Å². The van der Waals surface area contributed by atoms with Gasteiger partial charge in [-0.3, -0.25) is 14.7 Å². The number of nitriles is 1. The van der Waals surface area contributed by atoms with Crippen LogP contribution in [0.1, 0.15) is 38.2 Å². The van der Waals surface area contributed by atoms with Crippen molar-refractivity contribution in [2.24, 2.45) is 0 Å². The Kier molecular flexibility index (Phi) is 8.92. The predicted molar refractivity (Wildman–Crippen MR) is 188 cm³/mol. The molecule has 0 spiro atoms. The first-order valence-electron chi connectivity index (χ1n) is 16.1. The highest BCUT2D eigenvalue weighted by atomic mass is 35.5. The van der Waals surface area contributed by atoms with Gasteiger partial charge in [-0.2, -0.15) is 15.2 Å². The first-order chi connectivity index (χ1) is 24.0. The van der Waals surface area contributed by atoms with E-state index in [2.05, 4.69) is 25.2 Å². The number of carbonyl (C=O) groups is 1. The van der Waals surface area contributed by atoms with Crippen molar-refractivity contribution in [3.63, 3.8) is 0 Å². The largest absolute Gasteiger partial charge is 0.461 e. The van der Waals surface area contributed by atoms with Crippen LogP contribution in [0.2, 0.25) is 5.02 Å². The second-order valence-corrected chi connectivity index (χ2v) is 14.1. The van der Waals surface area contributed by atoms with Crippen LogP contribution in [0.15, 0.2) is 42.7 Å². The zero-order valence-electron chi connectivity index (χ0n) is 27.1. The number of thiophene rings is 1. The number of pyridine rings is 1. The van der Waals surface area contributed by atoms with Gasteiger partial charge in [-0.05, 0) is 55.6 Å². The molecule has 2 saturated heterocycles. The Labute approximate surface area is 294 Å². The molecule has 5 aromatic rings. The second kappa shape index (κ2) is 13.2. The molecule has 3 atom stereocenters. The molecular weight excluding hydrogens is 689 g/mol. The third kappa shape index (κ3) is 5.73. The zero-order chi connectivity index (χ0) is 35.3. The first-order valence-corrected chi connectivity index (χ1v) is 17.3. The van der Waals surface area contributed by atoms with Gasteiger partial charge < -0.3 is 20.7 Å². The minimum Gasteiger partial charge on any atom is -0.461 e. The molecule has 10 nitrogen and oxygen atoms in total. The van der Waals surface area contributed by atoms with Crippen molar-refractivity contribution in [1.82, 2.24) is 19.9 Å². The van der Waals surface area contributed by atoms with Crippen LogP contribution < -0.4 is 20.7 Å². The van der Waals surface area contributed by atoms with Gasteiger partial charge in [0.15, 0.2) is 5.82 Å². The average Bonchev–Trinajstić information content (AvgIpc) is 3.74. The van der Waals surface area contributed by atoms with Gasteiger partial charge in [0.25, 0.3) is 0 Å². The van der Waals surface area contributed by atoms with Crippen molar-refractivity contribution in [3.8, 4) is 23.2 Å². The summed E-state index contributed by atoms with van der Waals surface area (Å²) >= 11 is 7.72. The highest BCUT2D eigenvalue weighted by Crippen LogP contribution is 2.46. The Bertz CT molecular complexity index is 2180. The Morgan fingerprint density at radius 1 is 1.34 bits per heavy atom. The van der Waals surface area contributed by atoms with E-state index in [-0.39, 0.29) is 72.0 Å². The molecule has 7 rings (SSSR count). The number of anilines is 3. The van der Waals surface area contributed by atoms with Gasteiger partial charge in [0, 0.05) is 42.5 Å². The van der Waals surface area contributed by atoms with Crippen LogP contribution in [0.4, 0.5) is 29.7 Å². The van der Waals surface area contributed by atoms with E-state index in [0.29, 0.717) is 25.1 Å². The number of nitrogens with zero attached hydrogens (tertiary/aromatic N) is 6. The number of carbonyl (C=O) groups excluding carboxylic acids is 1. The number of nitrogen functional groups attached to an aromatic ring is 1. The lowest BCUT2D eigenvalue weighted by molar-refractivity contribution is -0.117. The first kappa shape index (κ1) is 33.8. The third-order valence-electron chi connectivity index (χ3n) is 9.69. The summed E-state index contributed by atoms with van der Waals surface area (Å²) in [6.07, 6.45) is 4.41. The molecule has 1 unspecified atom stereocenters. The predicted octanol–water partition coefficient (Wildman–Crippen LogP) is 7.10. The standard InChI is InChI=1S/C35H32ClF3N8O2S/c1-3-25(33(48)43-19-6-4-10-42-15-19)46(2)32-21-12-23(36)27(20-7-8-24(38)30-26(20)22(14-40)31(41)50-30)28(39)29(21)44-34(45-32)49-17-35-9-5-11-47(35)16-18(37)13-35/h4,6-8,10,12,15,18,25H,3,5,9,11,13,16-17,41H2,1-2H3,(H,43,48)/t18-,25?,35+/m1/s1. The quantitative estimate of drug-likeness (QED) is 0.164. The van der Waals surface area contributed by atoms with Crippen molar-refractivity contribution >= 4 is 66.3 Å². The van der Waals surface area contributed by atoms with E-state index in [9.17, 15) is 18.8 Å². The zero-order valence-corrected chi connectivity index (χ0v) is 28.7. The number of benzene rings is 2. The van der Waals surface area contributed by atoms with E-state index in [4.69, 9.17) is 22.1 Å². The third-order valence-corrected chi connectivity index (χ3v) is 11.0. The Morgan fingerprint density at radius 2 is 2.16 bits per heavy atom. The van der Waals surface area contributed by atoms with Crippen LogP contribution >= 0.6 is 22.9 Å². The number of hydrogen-bond acceptors (Lipinski definition) is 10. The van der Waals surface area contributed by atoms with Crippen LogP contribution in [0.5, 0.6) is 6.01 Å². The molecule has 2 fully saturated rings. The maximum Gasteiger partial charge on any atom is 0.319 e. The van der Waals surface area contributed by atoms with Crippen LogP contribution in [0, 0.1) is 23.0 Å². The van der Waals surface area contributed by atoms with E-state index in [1.54, 1.807) is 30.3 Å². The van der Waals surface area contributed by atoms with Gasteiger partial charge in [-0.25, -0.2) is 13.2 Å². The SMILES string of the molecule is CCC(C(=O)Nc1cccnc1)N(C)c1nc(OC[C@@]23CCCN2C[C@H](F)C3)nc2c(F)c(-c3ccc(F)c4sc(N)c(C#N)c34)c(Cl)cc12. The molecule has 2 aliphatic rings. The van der Waals surface area contributed by atoms with Gasteiger partial charge in [-0.1, -0.05) is 24.6 Å². The topological polar surface area (TPSA) is 133 Å². The molecule has 50 heavy (non-hydrogen) atoms. The highest BCUT2D eigenvalue weighted by molar-refractivity contribution is 7.23. The lowest BCUT2D eigenvalue weighted by Crippen LogP contribution is -2.44. The fourth-order valence-electron chi connectivity index (χ4n) is 7.34. The maximum absolute atomic E-state index is 17.0. The molecule has 2 aliphatic heterocycles. The van der Waals surface area contributed by atoms with Gasteiger partial charge >= 0.3 is 6.01 Å². The molecule has 0 radical (unpaired) electrons. The number of amides is 1. The van der Waals surface area contributed by atoms with E-state index in [1.807, 2.05) is 13.0 Å². The number of hydrogen-bond donors (Lipinski definition) is 2. The Morgan fingerprint density at radius 3 is 2.90 bits per heavy atom. The van der Waals surface area contributed by atoms with Gasteiger partial charge in [-0.15, -0.1) is 11.3 Å². The number of halogens is 4. The molecule has 3 N–H and O–H groups in total. The summed E-state index contributed by atoms with van der Waals surface area (Å²) in [5.41, 5.74) is 5.91. The minimum atomic E-state index is -0.985. The van der Waals surface area contributed by atoms with Crippen molar-refractivity contribution in [1.29, 1.82) is 5.26 Å². The van der Waals surface area contributed by atoms with E-state index in [0.717, 1.165) is 30.7 Å². The van der Waals surface area contributed by atoms with Crippen LogP contribution in [-0.2, 0) is 4.79 Å². The number of aromatic nitrogens is 3. The summed E-state index contributed by atoms with van der Waals surface area (Å²) in [6.45, 7) is 2.99. The molecule has 15 heteroatoms. The fourth-order valence-corrected chi connectivity index (χ4v) is 8.58. The number of ether oxygens (including phenoxy) is 1. The second-order valence-electron chi connectivity index (χ2n) is 12.7. The molecule has 1 amide bonds. The number of nitrogens with one attached hydrogen (secondary N) is 1. The molecule has 2 aromatic carbocycles. The number of nitrogens with two attached hydrogens (primary N) is 1. The summed E-state index contributed by atoms with van der Waals surface area (Å²) in [5, 5.41) is 13.1. The van der Waals surface area contributed by atoms with E-state index < -0.39 is 29.4 Å². The molecule has 5 heterocycles. The number of rotatable bonds is 9. The maximum atomic E-state index is 17.0. The minimum absolute atomic E-state index is 0.00992. The lowest BCUT2D eigenvalue weighted by atomic mass is 9.95. The smallest absolute Gasteiger partial charge is 0.319 e. The molecule has 3 aromatic heterocycles. The average molecular weight is 721 g/mol. The normalized spacial score (nSPS) is 19.4. The van der Waals surface area contributed by atoms with Crippen molar-refractivity contribution in [2.75, 3.05) is 42.7 Å². The summed E-state index contributed by atoms with van der Waals surface area (Å²) in [5.74, 6) is -1.66. The van der Waals surface area contributed by atoms with Crippen LogP contribution in [0.3, 0.4) is 0 Å². The summed E-state index contributed by atoms with van der Waals surface area (Å²) in [6, 6.07) is 8.47.